The van der Waals surface area contributed by atoms with Gasteiger partial charge in [0.15, 0.2) is 5.16 Å². The number of nitrogens with zero attached hydrogens (tertiary/aromatic N) is 2. The minimum Gasteiger partial charge on any atom is -0.497 e. The molecule has 146 valence electrons. The van der Waals surface area contributed by atoms with Crippen LogP contribution in [-0.4, -0.2) is 16.7 Å². The number of ether oxygens (including phenoxy) is 1. The molecule has 0 saturated carbocycles. The van der Waals surface area contributed by atoms with Crippen LogP contribution in [0.4, 0.5) is 0 Å². The lowest BCUT2D eigenvalue weighted by molar-refractivity contribution is 0.414. The average Bonchev–Trinajstić information content (AvgIpc) is 2.76. The summed E-state index contributed by atoms with van der Waals surface area (Å²) in [7, 11) is 1.64. The van der Waals surface area contributed by atoms with Gasteiger partial charge in [-0.05, 0) is 47.5 Å². The Bertz CT molecular complexity index is 1190. The molecule has 0 saturated heterocycles. The molecule has 0 unspecified atom stereocenters. The van der Waals surface area contributed by atoms with Gasteiger partial charge in [0.2, 0.25) is 0 Å². The highest BCUT2D eigenvalue weighted by Crippen LogP contribution is 2.24. The van der Waals surface area contributed by atoms with E-state index in [9.17, 15) is 4.79 Å². The fourth-order valence-electron chi connectivity index (χ4n) is 3.04. The molecule has 4 nitrogen and oxygen atoms in total. The maximum Gasteiger partial charge on any atom is 0.262 e. The number of hydrogen-bond donors (Lipinski definition) is 0. The van der Waals surface area contributed by atoms with E-state index in [0.29, 0.717) is 33.4 Å². The van der Waals surface area contributed by atoms with Crippen LogP contribution in [-0.2, 0) is 12.3 Å². The topological polar surface area (TPSA) is 44.1 Å². The van der Waals surface area contributed by atoms with Gasteiger partial charge in [-0.3, -0.25) is 9.36 Å². The standard InChI is InChI=1S/C23H19ClN2O2S/c1-28-19-12-8-16(9-13-19)14-26-22(27)20-4-2-3-5-21(20)25-23(26)29-15-17-6-10-18(24)11-7-17/h2-13H,14-15H2,1H3. The van der Waals surface area contributed by atoms with Crippen molar-refractivity contribution in [3.63, 3.8) is 0 Å². The van der Waals surface area contributed by atoms with Crippen LogP contribution in [0.1, 0.15) is 11.1 Å². The molecule has 0 aliphatic heterocycles. The summed E-state index contributed by atoms with van der Waals surface area (Å²) in [4.78, 5) is 18.0. The van der Waals surface area contributed by atoms with Crippen LogP contribution in [0.15, 0.2) is 82.7 Å². The molecule has 4 rings (SSSR count). The lowest BCUT2D eigenvalue weighted by Crippen LogP contribution is -2.24. The summed E-state index contributed by atoms with van der Waals surface area (Å²) in [6, 6.07) is 22.9. The van der Waals surface area contributed by atoms with E-state index in [-0.39, 0.29) is 5.56 Å². The molecule has 1 heterocycles. The zero-order valence-electron chi connectivity index (χ0n) is 15.8. The summed E-state index contributed by atoms with van der Waals surface area (Å²) in [5.74, 6) is 1.49. The Hall–Kier alpha value is -2.76. The molecule has 1 aromatic heterocycles. The van der Waals surface area contributed by atoms with Crippen LogP contribution in [0.2, 0.25) is 5.02 Å². The van der Waals surface area contributed by atoms with Crippen molar-refractivity contribution in [2.75, 3.05) is 7.11 Å². The fourth-order valence-corrected chi connectivity index (χ4v) is 4.12. The van der Waals surface area contributed by atoms with Crippen molar-refractivity contribution in [2.24, 2.45) is 0 Å². The Morgan fingerprint density at radius 3 is 2.38 bits per heavy atom. The van der Waals surface area contributed by atoms with Crippen LogP contribution in [0, 0.1) is 0 Å². The van der Waals surface area contributed by atoms with Gasteiger partial charge in [0.1, 0.15) is 5.75 Å². The van der Waals surface area contributed by atoms with Gasteiger partial charge in [0.25, 0.3) is 5.56 Å². The highest BCUT2D eigenvalue weighted by molar-refractivity contribution is 7.98. The molecule has 0 amide bonds. The highest BCUT2D eigenvalue weighted by Gasteiger charge is 2.12. The van der Waals surface area contributed by atoms with Gasteiger partial charge in [-0.25, -0.2) is 4.98 Å². The maximum atomic E-state index is 13.2. The predicted molar refractivity (Wildman–Crippen MR) is 119 cm³/mol. The molecule has 0 aliphatic carbocycles. The van der Waals surface area contributed by atoms with E-state index in [1.807, 2.05) is 72.8 Å². The summed E-state index contributed by atoms with van der Waals surface area (Å²) in [5, 5.41) is 2.02. The number of benzene rings is 3. The molecule has 4 aromatic rings. The Balaban J connectivity index is 1.71. The molecule has 6 heteroatoms. The summed E-state index contributed by atoms with van der Waals surface area (Å²) in [5.41, 5.74) is 2.81. The first kappa shape index (κ1) is 19.6. The van der Waals surface area contributed by atoms with Crippen molar-refractivity contribution < 1.29 is 4.74 Å². The van der Waals surface area contributed by atoms with Crippen molar-refractivity contribution >= 4 is 34.3 Å². The molecular weight excluding hydrogens is 404 g/mol. The number of rotatable bonds is 6. The fraction of sp³-hybridized carbons (Fsp3) is 0.130. The number of aromatic nitrogens is 2. The Labute approximate surface area is 178 Å². The zero-order chi connectivity index (χ0) is 20.2. The third-order valence-corrected chi connectivity index (χ3v) is 5.91. The second-order valence-corrected chi connectivity index (χ2v) is 7.94. The van der Waals surface area contributed by atoms with E-state index in [4.69, 9.17) is 21.3 Å². The third-order valence-electron chi connectivity index (χ3n) is 4.61. The molecule has 29 heavy (non-hydrogen) atoms. The normalized spacial score (nSPS) is 11.0. The molecule has 0 radical (unpaired) electrons. The SMILES string of the molecule is COc1ccc(Cn2c(SCc3ccc(Cl)cc3)nc3ccccc3c2=O)cc1. The Kier molecular flexibility index (Phi) is 5.88. The van der Waals surface area contributed by atoms with Gasteiger partial charge in [-0.15, -0.1) is 0 Å². The number of halogens is 1. The molecule has 0 aliphatic rings. The third kappa shape index (κ3) is 4.47. The van der Waals surface area contributed by atoms with Gasteiger partial charge in [0, 0.05) is 10.8 Å². The number of hydrogen-bond acceptors (Lipinski definition) is 4. The second-order valence-electron chi connectivity index (χ2n) is 6.57. The summed E-state index contributed by atoms with van der Waals surface area (Å²) in [6.07, 6.45) is 0. The molecular formula is C23H19ClN2O2S. The van der Waals surface area contributed by atoms with Gasteiger partial charge >= 0.3 is 0 Å². The lowest BCUT2D eigenvalue weighted by Gasteiger charge is -2.13. The van der Waals surface area contributed by atoms with Gasteiger partial charge in [0.05, 0.1) is 24.6 Å². The van der Waals surface area contributed by atoms with Crippen LogP contribution in [0.3, 0.4) is 0 Å². The van der Waals surface area contributed by atoms with Gasteiger partial charge < -0.3 is 4.74 Å². The summed E-state index contributed by atoms with van der Waals surface area (Å²) in [6.45, 7) is 0.448. The van der Waals surface area contributed by atoms with Crippen molar-refractivity contribution in [3.05, 3.63) is 99.3 Å². The van der Waals surface area contributed by atoms with E-state index in [1.54, 1.807) is 23.4 Å². The largest absolute Gasteiger partial charge is 0.497 e. The van der Waals surface area contributed by atoms with Crippen molar-refractivity contribution in [3.8, 4) is 5.75 Å². The number of thioether (sulfide) groups is 1. The molecule has 0 N–H and O–H groups in total. The van der Waals surface area contributed by atoms with Gasteiger partial charge in [-0.1, -0.05) is 59.8 Å². The summed E-state index contributed by atoms with van der Waals surface area (Å²) >= 11 is 7.52. The minimum atomic E-state index is -0.0370. The predicted octanol–water partition coefficient (Wildman–Crippen LogP) is 5.40. The van der Waals surface area contributed by atoms with Crippen LogP contribution in [0.5, 0.6) is 5.75 Å². The van der Waals surface area contributed by atoms with Crippen molar-refractivity contribution in [1.82, 2.24) is 9.55 Å². The van der Waals surface area contributed by atoms with E-state index in [1.165, 1.54) is 0 Å². The molecule has 0 spiro atoms. The van der Waals surface area contributed by atoms with Crippen LogP contribution in [0.25, 0.3) is 10.9 Å². The molecule has 0 bridgehead atoms. The van der Waals surface area contributed by atoms with Crippen LogP contribution < -0.4 is 10.3 Å². The molecule has 0 atom stereocenters. The van der Waals surface area contributed by atoms with Crippen molar-refractivity contribution in [1.29, 1.82) is 0 Å². The first-order chi connectivity index (χ1) is 14.1. The average molecular weight is 423 g/mol. The van der Waals surface area contributed by atoms with Gasteiger partial charge in [-0.2, -0.15) is 0 Å². The monoisotopic (exact) mass is 422 g/mol. The minimum absolute atomic E-state index is 0.0370. The van der Waals surface area contributed by atoms with E-state index in [0.717, 1.165) is 16.9 Å². The molecule has 0 fully saturated rings. The van der Waals surface area contributed by atoms with E-state index in [2.05, 4.69) is 0 Å². The van der Waals surface area contributed by atoms with E-state index >= 15 is 0 Å². The number of methoxy groups -OCH3 is 1. The zero-order valence-corrected chi connectivity index (χ0v) is 17.4. The number of fused-ring (bicyclic) bond motifs is 1. The number of para-hydroxylation sites is 1. The molecule has 3 aromatic carbocycles. The van der Waals surface area contributed by atoms with E-state index < -0.39 is 0 Å². The van der Waals surface area contributed by atoms with Crippen LogP contribution >= 0.6 is 23.4 Å². The second kappa shape index (κ2) is 8.72. The Morgan fingerprint density at radius 1 is 0.966 bits per heavy atom. The first-order valence-electron chi connectivity index (χ1n) is 9.14. The maximum absolute atomic E-state index is 13.2. The first-order valence-corrected chi connectivity index (χ1v) is 10.5. The smallest absolute Gasteiger partial charge is 0.262 e. The lowest BCUT2D eigenvalue weighted by atomic mass is 10.2. The Morgan fingerprint density at radius 2 is 1.66 bits per heavy atom. The van der Waals surface area contributed by atoms with Crippen molar-refractivity contribution in [2.45, 2.75) is 17.5 Å². The summed E-state index contributed by atoms with van der Waals surface area (Å²) < 4.78 is 6.97. The quantitative estimate of drug-likeness (QED) is 0.308. The highest BCUT2D eigenvalue weighted by atomic mass is 35.5.